The molecule has 1 heterocycles. The van der Waals surface area contributed by atoms with Gasteiger partial charge in [-0.2, -0.15) is 0 Å². The third-order valence-corrected chi connectivity index (χ3v) is 3.43. The van der Waals surface area contributed by atoms with Gasteiger partial charge in [0.15, 0.2) is 0 Å². The van der Waals surface area contributed by atoms with Gasteiger partial charge in [-0.1, -0.05) is 0 Å². The van der Waals surface area contributed by atoms with Gasteiger partial charge in [0.05, 0.1) is 11.1 Å². The van der Waals surface area contributed by atoms with Gasteiger partial charge in [0.2, 0.25) is 0 Å². The van der Waals surface area contributed by atoms with Crippen LogP contribution in [0, 0.1) is 0 Å². The van der Waals surface area contributed by atoms with E-state index in [0.717, 1.165) is 0 Å². The van der Waals surface area contributed by atoms with Crippen LogP contribution in [0.25, 0.3) is 0 Å². The van der Waals surface area contributed by atoms with Gasteiger partial charge in [-0.25, -0.2) is 4.79 Å². The zero-order valence-electron chi connectivity index (χ0n) is 11.1. The summed E-state index contributed by atoms with van der Waals surface area (Å²) in [5, 5.41) is 10.2. The van der Waals surface area contributed by atoms with Crippen LogP contribution in [0.1, 0.15) is 48.0 Å². The lowest BCUT2D eigenvalue weighted by Crippen LogP contribution is -2.54. The molecule has 1 saturated heterocycles. The van der Waals surface area contributed by atoms with Crippen molar-refractivity contribution in [1.29, 1.82) is 0 Å². The average Bonchev–Trinajstić information content (AvgIpc) is 2.18. The molecule has 1 amide bonds. The number of aliphatic hydroxyl groups is 1. The standard InChI is InChI=1S/C12H23NO3/c1-10(2,3)16-9(14)13-8-7-12(6,15)11(13,4)5/h15H,7-8H2,1-6H3. The van der Waals surface area contributed by atoms with Crippen LogP contribution in [0.3, 0.4) is 0 Å². The topological polar surface area (TPSA) is 49.8 Å². The van der Waals surface area contributed by atoms with Gasteiger partial charge >= 0.3 is 6.09 Å². The second-order valence-corrected chi connectivity index (χ2v) is 6.21. The van der Waals surface area contributed by atoms with E-state index in [4.69, 9.17) is 4.74 Å². The molecule has 1 fully saturated rings. The van der Waals surface area contributed by atoms with Crippen molar-refractivity contribution in [2.24, 2.45) is 0 Å². The Bertz CT molecular complexity index is 289. The fraction of sp³-hybridized carbons (Fsp3) is 0.917. The molecule has 0 aromatic carbocycles. The second kappa shape index (κ2) is 3.62. The number of nitrogens with zero attached hydrogens (tertiary/aromatic N) is 1. The molecular weight excluding hydrogens is 206 g/mol. The Kier molecular flexibility index (Phi) is 3.01. The molecule has 1 aliphatic heterocycles. The summed E-state index contributed by atoms with van der Waals surface area (Å²) in [6.07, 6.45) is 0.231. The van der Waals surface area contributed by atoms with Crippen molar-refractivity contribution in [2.45, 2.75) is 64.7 Å². The quantitative estimate of drug-likeness (QED) is 0.692. The Balaban J connectivity index is 2.81. The summed E-state index contributed by atoms with van der Waals surface area (Å²) in [6.45, 7) is 11.5. The number of hydrogen-bond donors (Lipinski definition) is 1. The molecule has 16 heavy (non-hydrogen) atoms. The van der Waals surface area contributed by atoms with E-state index in [0.29, 0.717) is 13.0 Å². The smallest absolute Gasteiger partial charge is 0.410 e. The highest BCUT2D eigenvalue weighted by atomic mass is 16.6. The lowest BCUT2D eigenvalue weighted by atomic mass is 9.85. The summed E-state index contributed by atoms with van der Waals surface area (Å²) in [7, 11) is 0. The van der Waals surface area contributed by atoms with E-state index in [1.54, 1.807) is 11.8 Å². The lowest BCUT2D eigenvalue weighted by Gasteiger charge is -2.39. The molecule has 4 nitrogen and oxygen atoms in total. The van der Waals surface area contributed by atoms with E-state index in [-0.39, 0.29) is 6.09 Å². The molecular formula is C12H23NO3. The van der Waals surface area contributed by atoms with Crippen molar-refractivity contribution in [2.75, 3.05) is 6.54 Å². The van der Waals surface area contributed by atoms with Crippen LogP contribution < -0.4 is 0 Å². The first-order valence-electron chi connectivity index (χ1n) is 5.70. The number of carbonyl (C=O) groups is 1. The summed E-state index contributed by atoms with van der Waals surface area (Å²) in [5.41, 5.74) is -1.94. The van der Waals surface area contributed by atoms with Crippen LogP contribution >= 0.6 is 0 Å². The van der Waals surface area contributed by atoms with Crippen molar-refractivity contribution in [3.05, 3.63) is 0 Å². The maximum atomic E-state index is 12.0. The molecule has 1 N–H and O–H groups in total. The van der Waals surface area contributed by atoms with E-state index in [2.05, 4.69) is 0 Å². The number of ether oxygens (including phenoxy) is 1. The maximum Gasteiger partial charge on any atom is 0.410 e. The zero-order valence-corrected chi connectivity index (χ0v) is 11.1. The summed E-state index contributed by atoms with van der Waals surface area (Å²) >= 11 is 0. The molecule has 1 unspecified atom stereocenters. The normalized spacial score (nSPS) is 29.3. The molecule has 0 radical (unpaired) electrons. The van der Waals surface area contributed by atoms with Crippen molar-refractivity contribution in [3.8, 4) is 0 Å². The molecule has 0 saturated carbocycles. The minimum atomic E-state index is -0.857. The predicted molar refractivity (Wildman–Crippen MR) is 62.3 cm³/mol. The molecule has 0 bridgehead atoms. The van der Waals surface area contributed by atoms with E-state index in [1.807, 2.05) is 34.6 Å². The Morgan fingerprint density at radius 3 is 2.12 bits per heavy atom. The van der Waals surface area contributed by atoms with E-state index in [1.165, 1.54) is 0 Å². The van der Waals surface area contributed by atoms with Crippen LogP contribution in [0.15, 0.2) is 0 Å². The van der Waals surface area contributed by atoms with Gasteiger partial charge < -0.3 is 14.7 Å². The SMILES string of the molecule is CC(C)(C)OC(=O)N1CCC(C)(O)C1(C)C. The molecule has 0 spiro atoms. The van der Waals surface area contributed by atoms with Gasteiger partial charge in [-0.05, 0) is 48.0 Å². The maximum absolute atomic E-state index is 12.0. The number of carbonyl (C=O) groups excluding carboxylic acids is 1. The first kappa shape index (κ1) is 13.3. The Morgan fingerprint density at radius 1 is 1.31 bits per heavy atom. The average molecular weight is 229 g/mol. The highest BCUT2D eigenvalue weighted by Gasteiger charge is 2.52. The van der Waals surface area contributed by atoms with Crippen LogP contribution in [0.5, 0.6) is 0 Å². The third-order valence-electron chi connectivity index (χ3n) is 3.43. The number of amides is 1. The molecule has 0 aromatic heterocycles. The number of hydrogen-bond acceptors (Lipinski definition) is 3. The van der Waals surface area contributed by atoms with E-state index >= 15 is 0 Å². The summed E-state index contributed by atoms with van der Waals surface area (Å²) in [6, 6.07) is 0. The van der Waals surface area contributed by atoms with Gasteiger partial charge in [-0.15, -0.1) is 0 Å². The Hall–Kier alpha value is -0.770. The summed E-state index contributed by atoms with van der Waals surface area (Å²) < 4.78 is 5.33. The predicted octanol–water partition coefficient (Wildman–Crippen LogP) is 2.16. The minimum Gasteiger partial charge on any atom is -0.444 e. The van der Waals surface area contributed by atoms with Crippen molar-refractivity contribution in [3.63, 3.8) is 0 Å². The van der Waals surface area contributed by atoms with Crippen LogP contribution in [-0.2, 0) is 4.74 Å². The zero-order chi connectivity index (χ0) is 12.8. The van der Waals surface area contributed by atoms with Crippen molar-refractivity contribution < 1.29 is 14.6 Å². The van der Waals surface area contributed by atoms with Gasteiger partial charge in [0, 0.05) is 6.54 Å². The van der Waals surface area contributed by atoms with Crippen molar-refractivity contribution >= 4 is 6.09 Å². The van der Waals surface area contributed by atoms with Crippen LogP contribution in [0.4, 0.5) is 4.79 Å². The second-order valence-electron chi connectivity index (χ2n) is 6.21. The monoisotopic (exact) mass is 229 g/mol. The molecule has 94 valence electrons. The molecule has 1 rings (SSSR count). The largest absolute Gasteiger partial charge is 0.444 e. The van der Waals surface area contributed by atoms with E-state index in [9.17, 15) is 9.90 Å². The first-order chi connectivity index (χ1) is 6.97. The fourth-order valence-electron chi connectivity index (χ4n) is 1.84. The molecule has 4 heteroatoms. The Morgan fingerprint density at radius 2 is 1.81 bits per heavy atom. The Labute approximate surface area is 97.6 Å². The highest BCUT2D eigenvalue weighted by molar-refractivity contribution is 5.70. The lowest BCUT2D eigenvalue weighted by molar-refractivity contribution is -0.0414. The third kappa shape index (κ3) is 2.32. The van der Waals surface area contributed by atoms with Gasteiger partial charge in [0.1, 0.15) is 5.60 Å². The molecule has 0 aliphatic carbocycles. The molecule has 1 aliphatic rings. The van der Waals surface area contributed by atoms with Gasteiger partial charge in [0.25, 0.3) is 0 Å². The minimum absolute atomic E-state index is 0.352. The number of likely N-dealkylation sites (tertiary alicyclic amines) is 1. The van der Waals surface area contributed by atoms with Gasteiger partial charge in [-0.3, -0.25) is 0 Å². The van der Waals surface area contributed by atoms with Crippen LogP contribution in [-0.4, -0.2) is 39.4 Å². The molecule has 1 atom stereocenters. The van der Waals surface area contributed by atoms with Crippen molar-refractivity contribution in [1.82, 2.24) is 4.90 Å². The first-order valence-corrected chi connectivity index (χ1v) is 5.70. The summed E-state index contributed by atoms with van der Waals surface area (Å²) in [4.78, 5) is 13.6. The summed E-state index contributed by atoms with van der Waals surface area (Å²) in [5.74, 6) is 0. The highest BCUT2D eigenvalue weighted by Crippen LogP contribution is 2.38. The number of rotatable bonds is 0. The van der Waals surface area contributed by atoms with E-state index < -0.39 is 16.7 Å². The van der Waals surface area contributed by atoms with Crippen LogP contribution in [0.2, 0.25) is 0 Å². The fourth-order valence-corrected chi connectivity index (χ4v) is 1.84. The molecule has 0 aromatic rings.